The van der Waals surface area contributed by atoms with Crippen molar-refractivity contribution < 1.29 is 12.8 Å². The molecule has 3 aromatic heterocycles. The number of nitrogens with one attached hydrogen (secondary N) is 2. The molecule has 1 aromatic carbocycles. The molecule has 3 heterocycles. The van der Waals surface area contributed by atoms with E-state index in [0.717, 1.165) is 6.26 Å². The second-order valence-corrected chi connectivity index (χ2v) is 8.67. The lowest BCUT2D eigenvalue weighted by molar-refractivity contribution is 0.606. The normalized spacial score (nSPS) is 11.4. The fraction of sp³-hybridized carbons (Fsp3) is 0.0500. The molecule has 4 aromatic rings. The number of nitrogens with zero attached hydrogens (tertiary/aromatic N) is 3. The van der Waals surface area contributed by atoms with Crippen LogP contribution in [0.25, 0.3) is 22.3 Å². The van der Waals surface area contributed by atoms with Crippen LogP contribution in [-0.4, -0.2) is 29.6 Å². The highest BCUT2D eigenvalue weighted by Gasteiger charge is 2.13. The molecular formula is C20H15ClFN5O2S. The van der Waals surface area contributed by atoms with Gasteiger partial charge in [0, 0.05) is 40.1 Å². The van der Waals surface area contributed by atoms with Crippen LogP contribution < -0.4 is 10.0 Å². The van der Waals surface area contributed by atoms with Crippen LogP contribution in [0.3, 0.4) is 0 Å². The van der Waals surface area contributed by atoms with Crippen LogP contribution in [0.1, 0.15) is 0 Å². The Hall–Kier alpha value is -3.30. The minimum Gasteiger partial charge on any atom is -0.355 e. The molecule has 2 N–H and O–H groups in total. The number of fused-ring (bicyclic) bond motifs is 1. The van der Waals surface area contributed by atoms with Crippen molar-refractivity contribution in [3.8, 4) is 11.3 Å². The highest BCUT2D eigenvalue weighted by atomic mass is 35.5. The van der Waals surface area contributed by atoms with Gasteiger partial charge in [0.1, 0.15) is 11.6 Å². The van der Waals surface area contributed by atoms with Crippen LogP contribution in [0.5, 0.6) is 0 Å². The molecule has 10 heteroatoms. The number of hydrogen-bond donors (Lipinski definition) is 2. The molecule has 0 saturated carbocycles. The van der Waals surface area contributed by atoms with Crippen molar-refractivity contribution in [2.45, 2.75) is 0 Å². The summed E-state index contributed by atoms with van der Waals surface area (Å²) >= 11 is 6.04. The lowest BCUT2D eigenvalue weighted by Crippen LogP contribution is -2.10. The molecule has 0 unspecified atom stereocenters. The number of anilines is 3. The van der Waals surface area contributed by atoms with Crippen molar-refractivity contribution >= 4 is 49.9 Å². The largest absolute Gasteiger partial charge is 0.355 e. The fourth-order valence-electron chi connectivity index (χ4n) is 2.90. The Kier molecular flexibility index (Phi) is 5.23. The van der Waals surface area contributed by atoms with Gasteiger partial charge in [0.15, 0.2) is 5.65 Å². The summed E-state index contributed by atoms with van der Waals surface area (Å²) in [4.78, 5) is 12.7. The van der Waals surface area contributed by atoms with Crippen LogP contribution in [0.2, 0.25) is 5.02 Å². The van der Waals surface area contributed by atoms with Gasteiger partial charge in [-0.05, 0) is 42.5 Å². The van der Waals surface area contributed by atoms with Crippen LogP contribution >= 0.6 is 11.6 Å². The number of rotatable bonds is 5. The topological polar surface area (TPSA) is 96.9 Å². The van der Waals surface area contributed by atoms with Gasteiger partial charge in [0.25, 0.3) is 0 Å². The van der Waals surface area contributed by atoms with Gasteiger partial charge in [0.2, 0.25) is 10.0 Å². The molecular weight excluding hydrogens is 429 g/mol. The first kappa shape index (κ1) is 20.0. The minimum atomic E-state index is -3.47. The number of aromatic nitrogens is 3. The monoisotopic (exact) mass is 443 g/mol. The van der Waals surface area contributed by atoms with E-state index >= 15 is 0 Å². The van der Waals surface area contributed by atoms with Gasteiger partial charge in [-0.1, -0.05) is 11.6 Å². The van der Waals surface area contributed by atoms with Gasteiger partial charge in [-0.3, -0.25) is 4.72 Å². The van der Waals surface area contributed by atoms with Crippen LogP contribution in [0, 0.1) is 5.82 Å². The molecule has 30 heavy (non-hydrogen) atoms. The molecule has 0 amide bonds. The zero-order valence-corrected chi connectivity index (χ0v) is 17.2. The van der Waals surface area contributed by atoms with Crippen molar-refractivity contribution in [1.82, 2.24) is 15.0 Å². The van der Waals surface area contributed by atoms with E-state index in [1.807, 2.05) is 6.07 Å². The highest BCUT2D eigenvalue weighted by Crippen LogP contribution is 2.32. The van der Waals surface area contributed by atoms with E-state index in [1.54, 1.807) is 30.5 Å². The van der Waals surface area contributed by atoms with Crippen LogP contribution in [-0.2, 0) is 10.0 Å². The Morgan fingerprint density at radius 2 is 1.87 bits per heavy atom. The summed E-state index contributed by atoms with van der Waals surface area (Å²) in [6, 6.07) is 12.7. The molecule has 0 saturated heterocycles. The van der Waals surface area contributed by atoms with Crippen LogP contribution in [0.4, 0.5) is 21.6 Å². The Balaban J connectivity index is 1.81. The molecule has 4 rings (SSSR count). The summed E-state index contributed by atoms with van der Waals surface area (Å²) in [5, 5.41) is 4.30. The third-order valence-electron chi connectivity index (χ3n) is 4.12. The predicted molar refractivity (Wildman–Crippen MR) is 116 cm³/mol. The van der Waals surface area contributed by atoms with E-state index in [0.29, 0.717) is 33.1 Å². The summed E-state index contributed by atoms with van der Waals surface area (Å²) in [6.07, 6.45) is 4.11. The standard InChI is InChI=1S/C20H15ClFN5O2S/c1-30(28,29)27-19-10-13(6-8-23-19)25-17-11-18(15-9-12(21)4-5-16(15)22)26-20-14(17)3-2-7-24-20/h2-11H,1H3,(H2,23,24,25,26,27). The first-order valence-corrected chi connectivity index (χ1v) is 11.0. The van der Waals surface area contributed by atoms with Gasteiger partial charge in [-0.25, -0.2) is 27.8 Å². The molecule has 0 atom stereocenters. The van der Waals surface area contributed by atoms with E-state index in [9.17, 15) is 12.8 Å². The van der Waals surface area contributed by atoms with Gasteiger partial charge in [-0.2, -0.15) is 0 Å². The molecule has 7 nitrogen and oxygen atoms in total. The predicted octanol–water partition coefficient (Wildman–Crippen LogP) is 4.60. The van der Waals surface area contributed by atoms with Crippen molar-refractivity contribution in [3.63, 3.8) is 0 Å². The summed E-state index contributed by atoms with van der Waals surface area (Å²) < 4.78 is 39.7. The van der Waals surface area contributed by atoms with Crippen molar-refractivity contribution in [2.75, 3.05) is 16.3 Å². The minimum absolute atomic E-state index is 0.167. The maximum absolute atomic E-state index is 14.4. The summed E-state index contributed by atoms with van der Waals surface area (Å²) in [6.45, 7) is 0. The molecule has 0 aliphatic rings. The highest BCUT2D eigenvalue weighted by molar-refractivity contribution is 7.92. The second kappa shape index (κ2) is 7.85. The third kappa shape index (κ3) is 4.47. The Morgan fingerprint density at radius 3 is 2.67 bits per heavy atom. The first-order valence-electron chi connectivity index (χ1n) is 8.70. The van der Waals surface area contributed by atoms with E-state index in [-0.39, 0.29) is 11.4 Å². The molecule has 0 radical (unpaired) electrons. The molecule has 0 spiro atoms. The average Bonchev–Trinajstić information content (AvgIpc) is 2.69. The number of pyridine rings is 3. The lowest BCUT2D eigenvalue weighted by atomic mass is 10.1. The Labute approximate surface area is 177 Å². The number of halogens is 2. The van der Waals surface area contributed by atoms with Crippen molar-refractivity contribution in [1.29, 1.82) is 0 Å². The van der Waals surface area contributed by atoms with E-state index < -0.39 is 15.8 Å². The number of benzene rings is 1. The molecule has 152 valence electrons. The molecule has 0 fully saturated rings. The zero-order valence-electron chi connectivity index (χ0n) is 15.6. The van der Waals surface area contributed by atoms with E-state index in [4.69, 9.17) is 11.6 Å². The molecule has 0 aliphatic carbocycles. The smallest absolute Gasteiger partial charge is 0.230 e. The fourth-order valence-corrected chi connectivity index (χ4v) is 3.57. The zero-order chi connectivity index (χ0) is 21.3. The van der Waals surface area contributed by atoms with Crippen molar-refractivity contribution in [3.05, 3.63) is 71.8 Å². The van der Waals surface area contributed by atoms with Gasteiger partial charge in [-0.15, -0.1) is 0 Å². The average molecular weight is 444 g/mol. The van der Waals surface area contributed by atoms with Gasteiger partial charge >= 0.3 is 0 Å². The SMILES string of the molecule is CS(=O)(=O)Nc1cc(Nc2cc(-c3cc(Cl)ccc3F)nc3ncccc23)ccn1. The maximum Gasteiger partial charge on any atom is 0.230 e. The maximum atomic E-state index is 14.4. The second-order valence-electron chi connectivity index (χ2n) is 6.48. The lowest BCUT2D eigenvalue weighted by Gasteiger charge is -2.13. The van der Waals surface area contributed by atoms with E-state index in [1.165, 1.54) is 24.4 Å². The molecule has 0 aliphatic heterocycles. The Morgan fingerprint density at radius 1 is 1.03 bits per heavy atom. The summed E-state index contributed by atoms with van der Waals surface area (Å²) in [7, 11) is -3.47. The Bertz CT molecular complexity index is 1360. The van der Waals surface area contributed by atoms with E-state index in [2.05, 4.69) is 25.0 Å². The summed E-state index contributed by atoms with van der Waals surface area (Å²) in [5.74, 6) is -0.295. The quantitative estimate of drug-likeness (QED) is 0.468. The number of hydrogen-bond acceptors (Lipinski definition) is 6. The summed E-state index contributed by atoms with van der Waals surface area (Å²) in [5.41, 5.74) is 2.20. The third-order valence-corrected chi connectivity index (χ3v) is 4.93. The molecule has 0 bridgehead atoms. The van der Waals surface area contributed by atoms with Crippen molar-refractivity contribution in [2.24, 2.45) is 0 Å². The van der Waals surface area contributed by atoms with Gasteiger partial charge < -0.3 is 5.32 Å². The first-order chi connectivity index (χ1) is 14.3. The van der Waals surface area contributed by atoms with Gasteiger partial charge in [0.05, 0.1) is 17.6 Å². The number of sulfonamides is 1. The van der Waals surface area contributed by atoms with Crippen LogP contribution in [0.15, 0.2) is 60.9 Å².